The molecule has 1 fully saturated rings. The first-order valence-electron chi connectivity index (χ1n) is 7.93. The number of rotatable bonds is 4. The number of carbonyl (C=O) groups is 2. The Kier molecular flexibility index (Phi) is 5.41. The Morgan fingerprint density at radius 3 is 2.24 bits per heavy atom. The third kappa shape index (κ3) is 4.12. The minimum atomic E-state index is -4.61. The fourth-order valence-corrected chi connectivity index (χ4v) is 3.14. The van der Waals surface area contributed by atoms with E-state index >= 15 is 0 Å². The van der Waals surface area contributed by atoms with E-state index in [0.29, 0.717) is 5.69 Å². The molecule has 0 spiro atoms. The van der Waals surface area contributed by atoms with Crippen molar-refractivity contribution in [3.63, 3.8) is 0 Å². The molecule has 0 aromatic heterocycles. The number of halogens is 3. The van der Waals surface area contributed by atoms with Crippen molar-refractivity contribution < 1.29 is 27.9 Å². The second kappa shape index (κ2) is 7.03. The van der Waals surface area contributed by atoms with E-state index in [0.717, 1.165) is 11.1 Å². The molecule has 1 heterocycles. The van der Waals surface area contributed by atoms with Crippen LogP contribution in [0.25, 0.3) is 0 Å². The number of carboxylic acid groups (broad SMARTS) is 1. The number of carboxylic acids is 1. The lowest BCUT2D eigenvalue weighted by Gasteiger charge is -2.24. The summed E-state index contributed by atoms with van der Waals surface area (Å²) >= 11 is 0. The predicted octanol–water partition coefficient (Wildman–Crippen LogP) is 2.83. The highest BCUT2D eigenvalue weighted by atomic mass is 19.4. The van der Waals surface area contributed by atoms with Crippen molar-refractivity contribution in [3.8, 4) is 0 Å². The van der Waals surface area contributed by atoms with Gasteiger partial charge in [0.05, 0.1) is 17.9 Å². The van der Waals surface area contributed by atoms with Gasteiger partial charge in [-0.1, -0.05) is 18.2 Å². The van der Waals surface area contributed by atoms with Crippen LogP contribution < -0.4 is 5.32 Å². The van der Waals surface area contributed by atoms with Gasteiger partial charge in [0.25, 0.3) is 0 Å². The van der Waals surface area contributed by atoms with Gasteiger partial charge < -0.3 is 10.4 Å². The first kappa shape index (κ1) is 19.2. The van der Waals surface area contributed by atoms with E-state index in [9.17, 15) is 22.8 Å². The Balaban J connectivity index is 2.13. The Hall–Kier alpha value is -2.09. The van der Waals surface area contributed by atoms with E-state index in [1.54, 1.807) is 0 Å². The van der Waals surface area contributed by atoms with E-state index < -0.39 is 42.5 Å². The van der Waals surface area contributed by atoms with E-state index in [2.05, 4.69) is 5.32 Å². The van der Waals surface area contributed by atoms with Crippen molar-refractivity contribution >= 4 is 17.6 Å². The molecule has 1 aromatic rings. The lowest BCUT2D eigenvalue weighted by Crippen LogP contribution is -2.41. The fourth-order valence-electron chi connectivity index (χ4n) is 3.14. The van der Waals surface area contributed by atoms with Gasteiger partial charge in [-0.3, -0.25) is 14.5 Å². The molecule has 25 heavy (non-hydrogen) atoms. The van der Waals surface area contributed by atoms with Crippen LogP contribution in [0.3, 0.4) is 0 Å². The molecule has 2 rings (SSSR count). The van der Waals surface area contributed by atoms with Gasteiger partial charge in [-0.15, -0.1) is 0 Å². The van der Waals surface area contributed by atoms with Crippen molar-refractivity contribution in [1.82, 2.24) is 4.90 Å². The Morgan fingerprint density at radius 1 is 1.24 bits per heavy atom. The lowest BCUT2D eigenvalue weighted by atomic mass is 9.96. The molecule has 0 aliphatic carbocycles. The summed E-state index contributed by atoms with van der Waals surface area (Å²) in [5.74, 6) is -5.48. The minimum Gasteiger partial charge on any atom is -0.481 e. The molecule has 0 bridgehead atoms. The van der Waals surface area contributed by atoms with Gasteiger partial charge in [0.15, 0.2) is 0 Å². The molecule has 8 heteroatoms. The van der Waals surface area contributed by atoms with E-state index in [1.807, 2.05) is 32.0 Å². The molecule has 1 unspecified atom stereocenters. The number of para-hydroxylation sites is 1. The first-order valence-corrected chi connectivity index (χ1v) is 7.93. The molecule has 1 aliphatic rings. The summed E-state index contributed by atoms with van der Waals surface area (Å²) in [4.78, 5) is 24.9. The topological polar surface area (TPSA) is 69.6 Å². The molecule has 1 aromatic carbocycles. The number of hydrogen-bond acceptors (Lipinski definition) is 3. The molecule has 0 radical (unpaired) electrons. The summed E-state index contributed by atoms with van der Waals surface area (Å²) in [6, 6.07) is 4.62. The number of likely N-dealkylation sites (tertiary alicyclic amines) is 1. The lowest BCUT2D eigenvalue weighted by molar-refractivity contribution is -0.188. The van der Waals surface area contributed by atoms with Crippen LogP contribution >= 0.6 is 0 Å². The highest BCUT2D eigenvalue weighted by Gasteiger charge is 2.53. The molecule has 1 saturated heterocycles. The molecule has 2 N–H and O–H groups in total. The molecule has 3 atom stereocenters. The third-order valence-corrected chi connectivity index (χ3v) is 4.74. The maximum absolute atomic E-state index is 13.1. The molecular formula is C17H21F3N2O3. The van der Waals surface area contributed by atoms with Crippen LogP contribution in [-0.2, 0) is 9.59 Å². The summed E-state index contributed by atoms with van der Waals surface area (Å²) in [7, 11) is 0. The van der Waals surface area contributed by atoms with Gasteiger partial charge >= 0.3 is 12.1 Å². The quantitative estimate of drug-likeness (QED) is 0.868. The number of anilines is 1. The van der Waals surface area contributed by atoms with Crippen LogP contribution in [0.5, 0.6) is 0 Å². The van der Waals surface area contributed by atoms with E-state index in [1.165, 1.54) is 11.8 Å². The molecule has 138 valence electrons. The predicted molar refractivity (Wildman–Crippen MR) is 86.3 cm³/mol. The zero-order chi connectivity index (χ0) is 18.9. The largest absolute Gasteiger partial charge is 0.481 e. The second-order valence-corrected chi connectivity index (χ2v) is 6.48. The summed E-state index contributed by atoms with van der Waals surface area (Å²) < 4.78 is 39.2. The third-order valence-electron chi connectivity index (χ3n) is 4.74. The summed E-state index contributed by atoms with van der Waals surface area (Å²) in [6.07, 6.45) is -4.61. The Labute approximate surface area is 143 Å². The fraction of sp³-hybridized carbons (Fsp3) is 0.529. The summed E-state index contributed by atoms with van der Waals surface area (Å²) in [5, 5.41) is 11.8. The van der Waals surface area contributed by atoms with Gasteiger partial charge in [0.1, 0.15) is 0 Å². The Morgan fingerprint density at radius 2 is 1.80 bits per heavy atom. The minimum absolute atomic E-state index is 0.305. The van der Waals surface area contributed by atoms with Crippen LogP contribution in [-0.4, -0.2) is 47.2 Å². The van der Waals surface area contributed by atoms with Gasteiger partial charge in [-0.2, -0.15) is 13.2 Å². The molecule has 1 aliphatic heterocycles. The number of carbonyl (C=O) groups excluding carboxylic acids is 1. The molecular weight excluding hydrogens is 337 g/mol. The monoisotopic (exact) mass is 358 g/mol. The highest BCUT2D eigenvalue weighted by Crippen LogP contribution is 2.38. The zero-order valence-corrected chi connectivity index (χ0v) is 14.2. The standard InChI is InChI=1S/C17H21F3N2O3/c1-9-5-4-6-10(2)14(9)21-15(23)11(3)22-7-12(16(24)25)13(8-22)17(18,19)20/h4-6,11-13H,7-8H2,1-3H3,(H,21,23)(H,24,25)/t11?,12-,13-/m1/s1. The highest BCUT2D eigenvalue weighted by molar-refractivity contribution is 5.96. The van der Waals surface area contributed by atoms with Crippen molar-refractivity contribution in [1.29, 1.82) is 0 Å². The van der Waals surface area contributed by atoms with Crippen LogP contribution in [0.15, 0.2) is 18.2 Å². The van der Waals surface area contributed by atoms with Gasteiger partial charge in [0, 0.05) is 18.8 Å². The number of aliphatic carboxylic acids is 1. The normalized spacial score (nSPS) is 22.6. The molecule has 5 nitrogen and oxygen atoms in total. The number of hydrogen-bond donors (Lipinski definition) is 2. The summed E-state index contributed by atoms with van der Waals surface area (Å²) in [5.41, 5.74) is 2.32. The average molecular weight is 358 g/mol. The van der Waals surface area contributed by atoms with Crippen LogP contribution in [0.2, 0.25) is 0 Å². The Bertz CT molecular complexity index is 655. The molecule has 1 amide bonds. The number of benzene rings is 1. The maximum Gasteiger partial charge on any atom is 0.393 e. The number of alkyl halides is 3. The number of nitrogens with one attached hydrogen (secondary N) is 1. The van der Waals surface area contributed by atoms with Crippen molar-refractivity contribution in [2.75, 3.05) is 18.4 Å². The van der Waals surface area contributed by atoms with Crippen LogP contribution in [0.1, 0.15) is 18.1 Å². The van der Waals surface area contributed by atoms with E-state index in [-0.39, 0.29) is 6.54 Å². The van der Waals surface area contributed by atoms with Gasteiger partial charge in [-0.05, 0) is 31.9 Å². The van der Waals surface area contributed by atoms with Crippen molar-refractivity contribution in [2.24, 2.45) is 11.8 Å². The smallest absolute Gasteiger partial charge is 0.393 e. The number of aryl methyl sites for hydroxylation is 2. The second-order valence-electron chi connectivity index (χ2n) is 6.48. The SMILES string of the molecule is Cc1cccc(C)c1NC(=O)C(C)N1C[C@@H](C(F)(F)F)[C@H](C(=O)O)C1. The van der Waals surface area contributed by atoms with Crippen LogP contribution in [0, 0.1) is 25.7 Å². The van der Waals surface area contributed by atoms with Crippen molar-refractivity contribution in [3.05, 3.63) is 29.3 Å². The number of nitrogens with zero attached hydrogens (tertiary/aromatic N) is 1. The van der Waals surface area contributed by atoms with Crippen molar-refractivity contribution in [2.45, 2.75) is 33.0 Å². The zero-order valence-electron chi connectivity index (χ0n) is 14.2. The molecule has 0 saturated carbocycles. The van der Waals surface area contributed by atoms with Gasteiger partial charge in [-0.25, -0.2) is 0 Å². The van der Waals surface area contributed by atoms with Crippen LogP contribution in [0.4, 0.5) is 18.9 Å². The number of amides is 1. The van der Waals surface area contributed by atoms with Gasteiger partial charge in [0.2, 0.25) is 5.91 Å². The maximum atomic E-state index is 13.1. The average Bonchev–Trinajstić information content (AvgIpc) is 2.95. The first-order chi connectivity index (χ1) is 11.5. The van der Waals surface area contributed by atoms with E-state index in [4.69, 9.17) is 5.11 Å². The summed E-state index contributed by atoms with van der Waals surface area (Å²) in [6.45, 7) is 4.33.